The molecular weight excluding hydrogens is 124 g/mol. The number of carbonyl (C=O) groups excluding carboxylic acids is 1. The first-order valence-electron chi connectivity index (χ1n) is 3.30. The summed E-state index contributed by atoms with van der Waals surface area (Å²) in [7, 11) is 0. The highest BCUT2D eigenvalue weighted by atomic mass is 16.1. The molecule has 0 aromatic heterocycles. The van der Waals surface area contributed by atoms with E-state index in [0.717, 1.165) is 12.0 Å². The van der Waals surface area contributed by atoms with Crippen molar-refractivity contribution >= 4 is 5.78 Å². The summed E-state index contributed by atoms with van der Waals surface area (Å²) in [4.78, 5) is 10.9. The number of carbonyl (C=O) groups is 1. The highest BCUT2D eigenvalue weighted by Crippen LogP contribution is 2.25. The fourth-order valence-corrected chi connectivity index (χ4v) is 1.06. The molecule has 52 valence electrons. The second-order valence-corrected chi connectivity index (χ2v) is 2.33. The maximum atomic E-state index is 10.9. The zero-order chi connectivity index (χ0) is 7.56. The molecule has 1 saturated carbocycles. The van der Waals surface area contributed by atoms with Crippen LogP contribution >= 0.6 is 0 Å². The van der Waals surface area contributed by atoms with Gasteiger partial charge in [-0.1, -0.05) is 25.3 Å². The standard InChI is InChI=1S/C9H10O/c1-3-4-8-5-6-9(10)7(8)2/h3-4H,1-2,5-6H2/b8-4-. The van der Waals surface area contributed by atoms with E-state index in [-0.39, 0.29) is 5.78 Å². The first-order valence-corrected chi connectivity index (χ1v) is 3.30. The molecule has 0 radical (unpaired) electrons. The molecule has 1 fully saturated rings. The average molecular weight is 134 g/mol. The normalized spacial score (nSPS) is 22.2. The number of rotatable bonds is 1. The summed E-state index contributed by atoms with van der Waals surface area (Å²) in [5.74, 6) is 0.174. The zero-order valence-electron chi connectivity index (χ0n) is 5.89. The molecule has 0 bridgehead atoms. The van der Waals surface area contributed by atoms with Crippen LogP contribution in [0.2, 0.25) is 0 Å². The molecule has 0 unspecified atom stereocenters. The summed E-state index contributed by atoms with van der Waals surface area (Å²) in [5, 5.41) is 0. The van der Waals surface area contributed by atoms with Gasteiger partial charge in [-0.25, -0.2) is 0 Å². The van der Waals surface area contributed by atoms with Gasteiger partial charge < -0.3 is 0 Å². The lowest BCUT2D eigenvalue weighted by Gasteiger charge is -1.91. The topological polar surface area (TPSA) is 17.1 Å². The molecule has 0 spiro atoms. The summed E-state index contributed by atoms with van der Waals surface area (Å²) < 4.78 is 0. The van der Waals surface area contributed by atoms with Crippen molar-refractivity contribution in [3.63, 3.8) is 0 Å². The van der Waals surface area contributed by atoms with E-state index in [2.05, 4.69) is 13.2 Å². The Morgan fingerprint density at radius 3 is 2.50 bits per heavy atom. The van der Waals surface area contributed by atoms with Crippen molar-refractivity contribution in [1.82, 2.24) is 0 Å². The molecule has 0 aliphatic heterocycles. The van der Waals surface area contributed by atoms with Gasteiger partial charge in [0.1, 0.15) is 0 Å². The van der Waals surface area contributed by atoms with E-state index in [1.807, 2.05) is 6.08 Å². The van der Waals surface area contributed by atoms with Gasteiger partial charge in [-0.2, -0.15) is 0 Å². The summed E-state index contributed by atoms with van der Waals surface area (Å²) in [6.45, 7) is 7.22. The minimum atomic E-state index is 0.174. The van der Waals surface area contributed by atoms with Crippen molar-refractivity contribution in [2.24, 2.45) is 0 Å². The lowest BCUT2D eigenvalue weighted by Crippen LogP contribution is -1.89. The van der Waals surface area contributed by atoms with Crippen molar-refractivity contribution < 1.29 is 4.79 Å². The van der Waals surface area contributed by atoms with Crippen LogP contribution in [0.25, 0.3) is 0 Å². The Bertz CT molecular complexity index is 221. The van der Waals surface area contributed by atoms with E-state index in [4.69, 9.17) is 0 Å². The largest absolute Gasteiger partial charge is 0.294 e. The van der Waals surface area contributed by atoms with Crippen LogP contribution in [0.15, 0.2) is 36.5 Å². The zero-order valence-corrected chi connectivity index (χ0v) is 5.89. The summed E-state index contributed by atoms with van der Waals surface area (Å²) in [5.41, 5.74) is 1.71. The second-order valence-electron chi connectivity index (χ2n) is 2.33. The third kappa shape index (κ3) is 1.08. The third-order valence-corrected chi connectivity index (χ3v) is 1.66. The van der Waals surface area contributed by atoms with Gasteiger partial charge in [0.25, 0.3) is 0 Å². The number of Topliss-reactive ketones (excluding diaryl/α,β-unsaturated/α-hetero) is 1. The lowest BCUT2D eigenvalue weighted by molar-refractivity contribution is -0.114. The second kappa shape index (κ2) is 2.65. The van der Waals surface area contributed by atoms with Crippen molar-refractivity contribution in [2.45, 2.75) is 12.8 Å². The molecule has 0 aromatic rings. The molecule has 1 aliphatic carbocycles. The van der Waals surface area contributed by atoms with E-state index >= 15 is 0 Å². The van der Waals surface area contributed by atoms with Gasteiger partial charge in [0.05, 0.1) is 0 Å². The molecule has 1 rings (SSSR count). The van der Waals surface area contributed by atoms with Gasteiger partial charge in [0, 0.05) is 12.0 Å². The number of hydrogen-bond donors (Lipinski definition) is 0. The maximum absolute atomic E-state index is 10.9. The van der Waals surface area contributed by atoms with Crippen molar-refractivity contribution in [3.05, 3.63) is 36.5 Å². The first-order chi connectivity index (χ1) is 4.75. The fraction of sp³-hybridized carbons (Fsp3) is 0.222. The van der Waals surface area contributed by atoms with Crippen molar-refractivity contribution in [2.75, 3.05) is 0 Å². The van der Waals surface area contributed by atoms with Crippen LogP contribution in [-0.2, 0) is 4.79 Å². The smallest absolute Gasteiger partial charge is 0.162 e. The Balaban J connectivity index is 2.85. The predicted octanol–water partition coefficient (Wildman–Crippen LogP) is 2.02. The molecule has 1 heteroatoms. The van der Waals surface area contributed by atoms with Gasteiger partial charge in [-0.05, 0) is 12.0 Å². The maximum Gasteiger partial charge on any atom is 0.162 e. The number of hydrogen-bond acceptors (Lipinski definition) is 1. The van der Waals surface area contributed by atoms with E-state index in [1.54, 1.807) is 6.08 Å². The van der Waals surface area contributed by atoms with Gasteiger partial charge in [0.2, 0.25) is 0 Å². The Kier molecular flexibility index (Phi) is 1.86. The third-order valence-electron chi connectivity index (χ3n) is 1.66. The van der Waals surface area contributed by atoms with Gasteiger partial charge >= 0.3 is 0 Å². The summed E-state index contributed by atoms with van der Waals surface area (Å²) in [6, 6.07) is 0. The van der Waals surface area contributed by atoms with Crippen LogP contribution in [0, 0.1) is 0 Å². The highest BCUT2D eigenvalue weighted by Gasteiger charge is 2.19. The Hall–Kier alpha value is -1.11. The van der Waals surface area contributed by atoms with Crippen molar-refractivity contribution in [3.8, 4) is 0 Å². The van der Waals surface area contributed by atoms with Crippen molar-refractivity contribution in [1.29, 1.82) is 0 Å². The minimum absolute atomic E-state index is 0.174. The molecular formula is C9H10O. The molecule has 1 aliphatic rings. The average Bonchev–Trinajstić information content (AvgIpc) is 2.20. The van der Waals surface area contributed by atoms with Crippen LogP contribution in [0.3, 0.4) is 0 Å². The number of ketones is 1. The quantitative estimate of drug-likeness (QED) is 0.501. The molecule has 0 saturated heterocycles. The number of allylic oxidation sites excluding steroid dienone is 4. The molecule has 0 N–H and O–H groups in total. The first kappa shape index (κ1) is 7.00. The van der Waals surface area contributed by atoms with Crippen LogP contribution < -0.4 is 0 Å². The molecule has 0 atom stereocenters. The molecule has 10 heavy (non-hydrogen) atoms. The van der Waals surface area contributed by atoms with E-state index in [9.17, 15) is 4.79 Å². The Morgan fingerprint density at radius 1 is 1.40 bits per heavy atom. The summed E-state index contributed by atoms with van der Waals surface area (Å²) in [6.07, 6.45) is 5.01. The van der Waals surface area contributed by atoms with Crippen LogP contribution in [0.4, 0.5) is 0 Å². The molecule has 0 heterocycles. The summed E-state index contributed by atoms with van der Waals surface area (Å²) >= 11 is 0. The van der Waals surface area contributed by atoms with Crippen LogP contribution in [0.1, 0.15) is 12.8 Å². The Labute approximate surface area is 60.7 Å². The monoisotopic (exact) mass is 134 g/mol. The Morgan fingerprint density at radius 2 is 2.10 bits per heavy atom. The molecule has 0 aromatic carbocycles. The predicted molar refractivity (Wildman–Crippen MR) is 41.7 cm³/mol. The van der Waals surface area contributed by atoms with Crippen LogP contribution in [0.5, 0.6) is 0 Å². The van der Waals surface area contributed by atoms with E-state index in [1.165, 1.54) is 0 Å². The van der Waals surface area contributed by atoms with Gasteiger partial charge in [-0.15, -0.1) is 0 Å². The van der Waals surface area contributed by atoms with Gasteiger partial charge in [0.15, 0.2) is 5.78 Å². The molecule has 1 nitrogen and oxygen atoms in total. The fourth-order valence-electron chi connectivity index (χ4n) is 1.06. The van der Waals surface area contributed by atoms with Crippen LogP contribution in [-0.4, -0.2) is 5.78 Å². The van der Waals surface area contributed by atoms with E-state index in [0.29, 0.717) is 12.0 Å². The SMILES string of the molecule is C=C/C=C1/CCC(=O)C1=C. The van der Waals surface area contributed by atoms with E-state index < -0.39 is 0 Å². The minimum Gasteiger partial charge on any atom is -0.294 e. The highest BCUT2D eigenvalue weighted by molar-refractivity contribution is 6.02. The lowest BCUT2D eigenvalue weighted by atomic mass is 10.1. The molecule has 0 amide bonds. The van der Waals surface area contributed by atoms with Gasteiger partial charge in [-0.3, -0.25) is 4.79 Å².